The number of methoxy groups -OCH3 is 2. The molecule has 162 valence electrons. The fraction of sp³-hybridized carbons (Fsp3) is 0.435. The Hall–Kier alpha value is -3.09. The molecule has 0 spiro atoms. The second kappa shape index (κ2) is 10.6. The number of para-hydroxylation sites is 2. The molecule has 2 aromatic carbocycles. The highest BCUT2D eigenvalue weighted by molar-refractivity contribution is 5.80. The Morgan fingerprint density at radius 2 is 1.77 bits per heavy atom. The number of guanidine groups is 1. The van der Waals surface area contributed by atoms with Crippen LogP contribution in [0.3, 0.4) is 0 Å². The van der Waals surface area contributed by atoms with Crippen LogP contribution < -0.4 is 19.7 Å². The van der Waals surface area contributed by atoms with Gasteiger partial charge in [0.1, 0.15) is 5.75 Å². The second-order valence-corrected chi connectivity index (χ2v) is 7.14. The van der Waals surface area contributed by atoms with E-state index >= 15 is 0 Å². The minimum Gasteiger partial charge on any atom is -0.506 e. The van der Waals surface area contributed by atoms with E-state index in [0.29, 0.717) is 12.3 Å². The largest absolute Gasteiger partial charge is 0.506 e. The normalized spacial score (nSPS) is 14.6. The zero-order chi connectivity index (χ0) is 21.3. The molecule has 1 aliphatic rings. The van der Waals surface area contributed by atoms with E-state index in [1.165, 1.54) is 0 Å². The molecular formula is C23H32N4O3. The summed E-state index contributed by atoms with van der Waals surface area (Å²) in [5.41, 5.74) is 2.06. The Morgan fingerprint density at radius 1 is 1.03 bits per heavy atom. The molecule has 0 amide bonds. The van der Waals surface area contributed by atoms with Crippen LogP contribution in [-0.4, -0.2) is 69.5 Å². The molecule has 0 aliphatic carbocycles. The molecule has 7 heteroatoms. The van der Waals surface area contributed by atoms with Crippen LogP contribution in [0.5, 0.6) is 17.2 Å². The van der Waals surface area contributed by atoms with Gasteiger partial charge in [0, 0.05) is 39.3 Å². The van der Waals surface area contributed by atoms with Crippen molar-refractivity contribution in [1.82, 2.24) is 10.2 Å². The zero-order valence-electron chi connectivity index (χ0n) is 18.1. The molecule has 0 radical (unpaired) electrons. The van der Waals surface area contributed by atoms with Gasteiger partial charge >= 0.3 is 0 Å². The molecule has 7 nitrogen and oxygen atoms in total. The average Bonchev–Trinajstić information content (AvgIpc) is 2.79. The van der Waals surface area contributed by atoms with Gasteiger partial charge in [-0.05, 0) is 43.2 Å². The van der Waals surface area contributed by atoms with Crippen molar-refractivity contribution in [2.45, 2.75) is 13.3 Å². The van der Waals surface area contributed by atoms with Crippen molar-refractivity contribution in [1.29, 1.82) is 0 Å². The number of aromatic hydroxyl groups is 1. The fourth-order valence-corrected chi connectivity index (χ4v) is 3.64. The molecular weight excluding hydrogens is 380 g/mol. The quantitative estimate of drug-likeness (QED) is 0.538. The topological polar surface area (TPSA) is 69.6 Å². The maximum Gasteiger partial charge on any atom is 0.194 e. The maximum atomic E-state index is 10.1. The SMILES string of the molecule is CCNC(=NCCc1ccc(OC)c(OC)c1)N1CCN(c2ccccc2O)CC1. The lowest BCUT2D eigenvalue weighted by atomic mass is 10.1. The highest BCUT2D eigenvalue weighted by Crippen LogP contribution is 2.28. The number of hydrogen-bond acceptors (Lipinski definition) is 5. The van der Waals surface area contributed by atoms with Gasteiger partial charge in [-0.15, -0.1) is 0 Å². The van der Waals surface area contributed by atoms with Crippen molar-refractivity contribution in [3.63, 3.8) is 0 Å². The predicted octanol–water partition coefficient (Wildman–Crippen LogP) is 2.74. The number of ether oxygens (including phenoxy) is 2. The van der Waals surface area contributed by atoms with Crippen molar-refractivity contribution >= 4 is 11.6 Å². The summed E-state index contributed by atoms with van der Waals surface area (Å²) in [5.74, 6) is 2.75. The molecule has 3 rings (SSSR count). The van der Waals surface area contributed by atoms with Crippen molar-refractivity contribution in [2.75, 3.05) is 58.4 Å². The van der Waals surface area contributed by atoms with E-state index in [0.717, 1.165) is 67.9 Å². The number of aliphatic imine (C=N–C) groups is 1. The summed E-state index contributed by atoms with van der Waals surface area (Å²) in [4.78, 5) is 9.34. The first-order valence-electron chi connectivity index (χ1n) is 10.4. The Balaban J connectivity index is 1.59. The standard InChI is InChI=1S/C23H32N4O3/c1-4-24-23(25-12-11-18-9-10-21(29-2)22(17-18)30-3)27-15-13-26(14-16-27)19-7-5-6-8-20(19)28/h5-10,17,28H,4,11-16H2,1-3H3,(H,24,25). The van der Waals surface area contributed by atoms with E-state index < -0.39 is 0 Å². The summed E-state index contributed by atoms with van der Waals surface area (Å²) in [6.07, 6.45) is 0.826. The number of phenols is 1. The molecule has 1 saturated heterocycles. The molecule has 1 fully saturated rings. The number of piperazine rings is 1. The van der Waals surface area contributed by atoms with Crippen LogP contribution in [0.2, 0.25) is 0 Å². The highest BCUT2D eigenvalue weighted by Gasteiger charge is 2.21. The van der Waals surface area contributed by atoms with Crippen LogP contribution in [0, 0.1) is 0 Å². The third kappa shape index (κ3) is 5.28. The summed E-state index contributed by atoms with van der Waals surface area (Å²) < 4.78 is 10.7. The number of rotatable bonds is 7. The summed E-state index contributed by atoms with van der Waals surface area (Å²) in [7, 11) is 3.29. The van der Waals surface area contributed by atoms with Gasteiger partial charge in [0.2, 0.25) is 0 Å². The number of nitrogens with zero attached hydrogens (tertiary/aromatic N) is 3. The first-order valence-corrected chi connectivity index (χ1v) is 10.4. The molecule has 2 aromatic rings. The molecule has 1 heterocycles. The second-order valence-electron chi connectivity index (χ2n) is 7.14. The maximum absolute atomic E-state index is 10.1. The zero-order valence-corrected chi connectivity index (χ0v) is 18.1. The molecule has 30 heavy (non-hydrogen) atoms. The van der Waals surface area contributed by atoms with Gasteiger partial charge in [0.25, 0.3) is 0 Å². The lowest BCUT2D eigenvalue weighted by Gasteiger charge is -2.37. The molecule has 0 bridgehead atoms. The van der Waals surface area contributed by atoms with Gasteiger partial charge in [0.05, 0.1) is 19.9 Å². The van der Waals surface area contributed by atoms with E-state index in [1.807, 2.05) is 30.3 Å². The van der Waals surface area contributed by atoms with Crippen molar-refractivity contribution in [2.24, 2.45) is 4.99 Å². The van der Waals surface area contributed by atoms with Crippen molar-refractivity contribution < 1.29 is 14.6 Å². The van der Waals surface area contributed by atoms with Crippen LogP contribution in [0.4, 0.5) is 5.69 Å². The third-order valence-corrected chi connectivity index (χ3v) is 5.25. The van der Waals surface area contributed by atoms with E-state index in [9.17, 15) is 5.11 Å². The first-order chi connectivity index (χ1) is 14.7. The summed E-state index contributed by atoms with van der Waals surface area (Å²) in [6.45, 7) is 7.01. The first kappa shape index (κ1) is 21.6. The lowest BCUT2D eigenvalue weighted by molar-refractivity contribution is 0.354. The monoisotopic (exact) mass is 412 g/mol. The average molecular weight is 413 g/mol. The minimum atomic E-state index is 0.335. The molecule has 0 unspecified atom stereocenters. The molecule has 2 N–H and O–H groups in total. The Labute approximate surface area is 178 Å². The predicted molar refractivity (Wildman–Crippen MR) is 121 cm³/mol. The number of phenolic OH excluding ortho intramolecular Hbond substituents is 1. The number of nitrogens with one attached hydrogen (secondary N) is 1. The molecule has 0 atom stereocenters. The van der Waals surface area contributed by atoms with Gasteiger partial charge in [-0.1, -0.05) is 18.2 Å². The minimum absolute atomic E-state index is 0.335. The van der Waals surface area contributed by atoms with Gasteiger partial charge < -0.3 is 29.7 Å². The van der Waals surface area contributed by atoms with Gasteiger partial charge in [-0.3, -0.25) is 4.99 Å². The van der Waals surface area contributed by atoms with E-state index in [1.54, 1.807) is 20.3 Å². The number of hydrogen-bond donors (Lipinski definition) is 2. The van der Waals surface area contributed by atoms with Crippen LogP contribution in [0.15, 0.2) is 47.5 Å². The third-order valence-electron chi connectivity index (χ3n) is 5.25. The summed E-state index contributed by atoms with van der Waals surface area (Å²) in [5, 5.41) is 13.5. The lowest BCUT2D eigenvalue weighted by Crippen LogP contribution is -2.52. The van der Waals surface area contributed by atoms with Crippen molar-refractivity contribution in [3.05, 3.63) is 48.0 Å². The van der Waals surface area contributed by atoms with Gasteiger partial charge in [0.15, 0.2) is 17.5 Å². The molecule has 0 saturated carbocycles. The van der Waals surface area contributed by atoms with Crippen LogP contribution in [0.1, 0.15) is 12.5 Å². The Morgan fingerprint density at radius 3 is 2.43 bits per heavy atom. The van der Waals surface area contributed by atoms with E-state index in [-0.39, 0.29) is 0 Å². The smallest absolute Gasteiger partial charge is 0.194 e. The van der Waals surface area contributed by atoms with Gasteiger partial charge in [-0.2, -0.15) is 0 Å². The Kier molecular flexibility index (Phi) is 7.65. The van der Waals surface area contributed by atoms with Crippen LogP contribution in [-0.2, 0) is 6.42 Å². The van der Waals surface area contributed by atoms with Crippen LogP contribution in [0.25, 0.3) is 0 Å². The van der Waals surface area contributed by atoms with E-state index in [4.69, 9.17) is 14.5 Å². The molecule has 1 aliphatic heterocycles. The number of benzene rings is 2. The van der Waals surface area contributed by atoms with E-state index in [2.05, 4.69) is 28.1 Å². The fourth-order valence-electron chi connectivity index (χ4n) is 3.64. The van der Waals surface area contributed by atoms with Crippen molar-refractivity contribution in [3.8, 4) is 17.2 Å². The highest BCUT2D eigenvalue weighted by atomic mass is 16.5. The summed E-state index contributed by atoms with van der Waals surface area (Å²) >= 11 is 0. The number of anilines is 1. The van der Waals surface area contributed by atoms with Gasteiger partial charge in [-0.25, -0.2) is 0 Å². The molecule has 0 aromatic heterocycles. The summed E-state index contributed by atoms with van der Waals surface area (Å²) in [6, 6.07) is 13.5. The van der Waals surface area contributed by atoms with Crippen LogP contribution >= 0.6 is 0 Å². The Bertz CT molecular complexity index is 848.